The Hall–Kier alpha value is -0.420. The number of hydrogen-bond acceptors (Lipinski definition) is 2. The highest BCUT2D eigenvalue weighted by molar-refractivity contribution is 6.22. The molecule has 0 aliphatic rings. The van der Waals surface area contributed by atoms with Crippen LogP contribution in [0.25, 0.3) is 0 Å². The molecule has 11 heavy (non-hydrogen) atoms. The largest absolute Gasteiger partial charge is 0.385 e. The Bertz CT molecular complexity index is 148. The van der Waals surface area contributed by atoms with Gasteiger partial charge in [0.05, 0.1) is 6.42 Å². The molecule has 0 unspecified atom stereocenters. The van der Waals surface area contributed by atoms with Gasteiger partial charge in [0.15, 0.2) is 0 Å². The van der Waals surface area contributed by atoms with Gasteiger partial charge in [0.25, 0.3) is 0 Å². The van der Waals surface area contributed by atoms with Crippen molar-refractivity contribution in [3.8, 4) is 0 Å². The van der Waals surface area contributed by atoms with Gasteiger partial charge in [-0.25, -0.2) is 0 Å². The van der Waals surface area contributed by atoms with Gasteiger partial charge in [-0.3, -0.25) is 4.79 Å². The Morgan fingerprint density at radius 2 is 2.27 bits per heavy atom. The fourth-order valence-electron chi connectivity index (χ4n) is 0.393. The highest BCUT2D eigenvalue weighted by Crippen LogP contribution is 2.25. The first-order valence-electron chi connectivity index (χ1n) is 2.83. The van der Waals surface area contributed by atoms with Crippen LogP contribution in [-0.4, -0.2) is 29.5 Å². The van der Waals surface area contributed by atoms with Crippen LogP contribution in [0, 0.1) is 0 Å². The van der Waals surface area contributed by atoms with E-state index < -0.39 is 23.8 Å². The van der Waals surface area contributed by atoms with E-state index in [1.807, 2.05) is 0 Å². The van der Waals surface area contributed by atoms with Crippen molar-refractivity contribution >= 4 is 17.5 Å². The molecule has 0 bridgehead atoms. The molecule has 0 rings (SSSR count). The number of aliphatic hydroxyl groups excluding tert-OH is 1. The Kier molecular flexibility index (Phi) is 3.68. The molecule has 0 fully saturated rings. The van der Waals surface area contributed by atoms with Crippen molar-refractivity contribution in [1.82, 2.24) is 5.32 Å². The summed E-state index contributed by atoms with van der Waals surface area (Å²) in [5.41, 5.74) is 0. The quantitative estimate of drug-likeness (QED) is 0.625. The number of nitrogens with one attached hydrogen (secondary N) is 1. The van der Waals surface area contributed by atoms with E-state index in [-0.39, 0.29) is 0 Å². The van der Waals surface area contributed by atoms with Crippen molar-refractivity contribution in [2.24, 2.45) is 0 Å². The lowest BCUT2D eigenvalue weighted by Crippen LogP contribution is -2.33. The van der Waals surface area contributed by atoms with Gasteiger partial charge >= 0.3 is 5.38 Å². The molecule has 2 N–H and O–H groups in total. The molecule has 0 saturated heterocycles. The molecule has 6 heteroatoms. The monoisotopic (exact) mass is 187 g/mol. The summed E-state index contributed by atoms with van der Waals surface area (Å²) in [4.78, 5) is 10.4. The Morgan fingerprint density at radius 3 is 2.55 bits per heavy atom. The summed E-state index contributed by atoms with van der Waals surface area (Å²) < 4.78 is 23.9. The molecule has 1 amide bonds. The van der Waals surface area contributed by atoms with Crippen molar-refractivity contribution < 1.29 is 18.7 Å². The van der Waals surface area contributed by atoms with Crippen LogP contribution in [-0.2, 0) is 4.79 Å². The van der Waals surface area contributed by atoms with Crippen LogP contribution in [0.3, 0.4) is 0 Å². The molecule has 3 nitrogen and oxygen atoms in total. The lowest BCUT2D eigenvalue weighted by molar-refractivity contribution is -0.126. The zero-order chi connectivity index (χ0) is 9.07. The average Bonchev–Trinajstić information content (AvgIpc) is 1.85. The first-order valence-corrected chi connectivity index (χ1v) is 3.21. The van der Waals surface area contributed by atoms with Crippen molar-refractivity contribution in [2.45, 2.75) is 17.9 Å². The number of rotatable bonds is 3. The lowest BCUT2D eigenvalue weighted by Gasteiger charge is -2.14. The van der Waals surface area contributed by atoms with E-state index >= 15 is 0 Å². The summed E-state index contributed by atoms with van der Waals surface area (Å²) in [6, 6.07) is 0. The molecule has 0 aromatic heterocycles. The van der Waals surface area contributed by atoms with Gasteiger partial charge in [-0.1, -0.05) is 0 Å². The Balaban J connectivity index is 3.87. The van der Waals surface area contributed by atoms with Gasteiger partial charge in [0.2, 0.25) is 5.91 Å². The molecule has 0 radical (unpaired) electrons. The van der Waals surface area contributed by atoms with E-state index in [2.05, 4.69) is 16.9 Å². The minimum atomic E-state index is -3.74. The van der Waals surface area contributed by atoms with E-state index in [0.717, 1.165) is 0 Å². The molecule has 0 aliphatic heterocycles. The third kappa shape index (κ3) is 4.10. The summed E-state index contributed by atoms with van der Waals surface area (Å²) in [5.74, 6) is -0.683. The fourth-order valence-corrected chi connectivity index (χ4v) is 0.471. The van der Waals surface area contributed by atoms with Gasteiger partial charge in [0.1, 0.15) is 6.10 Å². The SMILES string of the molecule is CNC(=O)C[C@H](O)C(F)(F)Cl. The molecule has 0 heterocycles. The van der Waals surface area contributed by atoms with Crippen LogP contribution in [0.2, 0.25) is 0 Å². The number of carbonyl (C=O) groups is 1. The van der Waals surface area contributed by atoms with Crippen LogP contribution in [0.1, 0.15) is 6.42 Å². The van der Waals surface area contributed by atoms with Gasteiger partial charge in [-0.05, 0) is 11.6 Å². The van der Waals surface area contributed by atoms with Gasteiger partial charge in [0, 0.05) is 7.05 Å². The van der Waals surface area contributed by atoms with Crippen LogP contribution in [0.4, 0.5) is 8.78 Å². The molecule has 0 aromatic rings. The normalized spacial score (nSPS) is 14.3. The van der Waals surface area contributed by atoms with E-state index in [1.54, 1.807) is 0 Å². The number of aliphatic hydroxyl groups is 1. The summed E-state index contributed by atoms with van der Waals surface area (Å²) in [6.07, 6.45) is -2.84. The third-order valence-corrected chi connectivity index (χ3v) is 1.29. The molecule has 0 aliphatic carbocycles. The number of halogens is 3. The first-order chi connectivity index (χ1) is 4.88. The zero-order valence-corrected chi connectivity index (χ0v) is 6.53. The first kappa shape index (κ1) is 10.6. The van der Waals surface area contributed by atoms with E-state index in [0.29, 0.717) is 0 Å². The Labute approximate surface area is 67.3 Å². The summed E-state index contributed by atoms with van der Waals surface area (Å²) in [7, 11) is 1.28. The van der Waals surface area contributed by atoms with Crippen LogP contribution >= 0.6 is 11.6 Å². The fraction of sp³-hybridized carbons (Fsp3) is 0.800. The zero-order valence-electron chi connectivity index (χ0n) is 5.77. The van der Waals surface area contributed by atoms with Gasteiger partial charge in [-0.15, -0.1) is 0 Å². The molecular weight excluding hydrogens is 180 g/mol. The lowest BCUT2D eigenvalue weighted by atomic mass is 10.2. The van der Waals surface area contributed by atoms with E-state index in [4.69, 9.17) is 5.11 Å². The summed E-state index contributed by atoms with van der Waals surface area (Å²) in [5, 5.41) is 6.88. The van der Waals surface area contributed by atoms with Crippen LogP contribution in [0.15, 0.2) is 0 Å². The molecule has 1 atom stereocenters. The van der Waals surface area contributed by atoms with Gasteiger partial charge < -0.3 is 10.4 Å². The molecule has 0 saturated carbocycles. The van der Waals surface area contributed by atoms with Gasteiger partial charge in [-0.2, -0.15) is 8.78 Å². The second-order valence-corrected chi connectivity index (χ2v) is 2.44. The number of carbonyl (C=O) groups excluding carboxylic acids is 1. The second kappa shape index (κ2) is 3.82. The predicted octanol–water partition coefficient (Wildman–Crippen LogP) is 0.315. The predicted molar refractivity (Wildman–Crippen MR) is 35.5 cm³/mol. The smallest absolute Gasteiger partial charge is 0.347 e. The number of alkyl halides is 3. The maximum atomic E-state index is 11.9. The van der Waals surface area contributed by atoms with E-state index in [1.165, 1.54) is 7.05 Å². The molecule has 0 spiro atoms. The van der Waals surface area contributed by atoms with Crippen molar-refractivity contribution in [3.63, 3.8) is 0 Å². The highest BCUT2D eigenvalue weighted by atomic mass is 35.5. The number of hydrogen-bond donors (Lipinski definition) is 2. The number of amides is 1. The van der Waals surface area contributed by atoms with Crippen LogP contribution < -0.4 is 5.32 Å². The van der Waals surface area contributed by atoms with Crippen molar-refractivity contribution in [1.29, 1.82) is 0 Å². The topological polar surface area (TPSA) is 49.3 Å². The second-order valence-electron chi connectivity index (χ2n) is 1.93. The van der Waals surface area contributed by atoms with E-state index in [9.17, 15) is 13.6 Å². The molecule has 66 valence electrons. The summed E-state index contributed by atoms with van der Waals surface area (Å²) >= 11 is 4.42. The minimum absolute atomic E-state index is 0.683. The molecule has 0 aromatic carbocycles. The van der Waals surface area contributed by atoms with Crippen LogP contribution in [0.5, 0.6) is 0 Å². The van der Waals surface area contributed by atoms with Crippen molar-refractivity contribution in [3.05, 3.63) is 0 Å². The highest BCUT2D eigenvalue weighted by Gasteiger charge is 2.36. The third-order valence-electron chi connectivity index (χ3n) is 1.04. The standard InChI is InChI=1S/C5H8ClF2NO2/c1-9-4(11)2-3(10)5(6,7)8/h3,10H,2H2,1H3,(H,9,11)/t3-/m0/s1. The maximum Gasteiger partial charge on any atom is 0.347 e. The maximum absolute atomic E-state index is 11.9. The molecular formula is C5H8ClF2NO2. The Morgan fingerprint density at radius 1 is 1.82 bits per heavy atom. The van der Waals surface area contributed by atoms with Crippen molar-refractivity contribution in [2.75, 3.05) is 7.05 Å². The minimum Gasteiger partial charge on any atom is -0.385 e. The summed E-state index contributed by atoms with van der Waals surface area (Å²) in [6.45, 7) is 0. The average molecular weight is 188 g/mol.